The highest BCUT2D eigenvalue weighted by Crippen LogP contribution is 2.25. The molecular formula is C17H25N3O2S. The monoisotopic (exact) mass is 335 g/mol. The predicted molar refractivity (Wildman–Crippen MR) is 91.4 cm³/mol. The lowest BCUT2D eigenvalue weighted by Crippen LogP contribution is -2.35. The second-order valence-corrected chi connectivity index (χ2v) is 7.41. The van der Waals surface area contributed by atoms with Crippen LogP contribution in [0.2, 0.25) is 0 Å². The molecule has 6 heteroatoms. The summed E-state index contributed by atoms with van der Waals surface area (Å²) in [6.45, 7) is 1.96. The van der Waals surface area contributed by atoms with Gasteiger partial charge in [-0.1, -0.05) is 24.1 Å². The highest BCUT2D eigenvalue weighted by Gasteiger charge is 2.23. The Hall–Kier alpha value is -1.24. The van der Waals surface area contributed by atoms with E-state index in [2.05, 4.69) is 22.1 Å². The lowest BCUT2D eigenvalue weighted by atomic mass is 9.86. The molecule has 2 atom stereocenters. The van der Waals surface area contributed by atoms with Crippen LogP contribution in [-0.4, -0.2) is 46.4 Å². The Morgan fingerprint density at radius 1 is 1.39 bits per heavy atom. The molecule has 1 N–H and O–H groups in total. The second-order valence-electron chi connectivity index (χ2n) is 6.47. The SMILES string of the molecule is CN(CCCc1nc(-c2cccs2)no1)CC1CCCCC1O. The Balaban J connectivity index is 1.40. The topological polar surface area (TPSA) is 62.4 Å². The molecule has 3 rings (SSSR count). The molecule has 0 aromatic carbocycles. The molecule has 126 valence electrons. The molecule has 2 aromatic heterocycles. The van der Waals surface area contributed by atoms with Gasteiger partial charge in [0, 0.05) is 13.0 Å². The standard InChI is InChI=1S/C17H25N3O2S/c1-20(12-13-6-2-3-7-14(13)21)10-4-9-16-18-17(19-22-16)15-8-5-11-23-15/h5,8,11,13-14,21H,2-4,6-7,9-10,12H2,1H3. The molecule has 1 saturated carbocycles. The predicted octanol–water partition coefficient (Wildman–Crippen LogP) is 3.21. The molecule has 2 heterocycles. The van der Waals surface area contributed by atoms with Crippen molar-refractivity contribution >= 4 is 11.3 Å². The Kier molecular flexibility index (Phi) is 5.80. The van der Waals surface area contributed by atoms with Gasteiger partial charge in [-0.3, -0.25) is 0 Å². The van der Waals surface area contributed by atoms with E-state index in [9.17, 15) is 5.11 Å². The third-order valence-corrected chi connectivity index (χ3v) is 5.42. The fourth-order valence-corrected chi connectivity index (χ4v) is 3.90. The van der Waals surface area contributed by atoms with E-state index in [4.69, 9.17) is 4.52 Å². The highest BCUT2D eigenvalue weighted by molar-refractivity contribution is 7.13. The lowest BCUT2D eigenvalue weighted by Gasteiger charge is -2.31. The summed E-state index contributed by atoms with van der Waals surface area (Å²) < 4.78 is 5.32. The van der Waals surface area contributed by atoms with Gasteiger partial charge in [-0.05, 0) is 50.2 Å². The summed E-state index contributed by atoms with van der Waals surface area (Å²) in [6.07, 6.45) is 6.22. The Morgan fingerprint density at radius 2 is 2.26 bits per heavy atom. The zero-order valence-electron chi connectivity index (χ0n) is 13.6. The summed E-state index contributed by atoms with van der Waals surface area (Å²) in [5.74, 6) is 1.83. The van der Waals surface area contributed by atoms with Crippen LogP contribution < -0.4 is 0 Å². The molecule has 0 aliphatic heterocycles. The van der Waals surface area contributed by atoms with Gasteiger partial charge in [-0.25, -0.2) is 0 Å². The summed E-state index contributed by atoms with van der Waals surface area (Å²) in [5.41, 5.74) is 0. The van der Waals surface area contributed by atoms with Gasteiger partial charge in [0.05, 0.1) is 11.0 Å². The number of thiophene rings is 1. The second kappa shape index (κ2) is 8.04. The maximum absolute atomic E-state index is 10.1. The minimum atomic E-state index is -0.115. The summed E-state index contributed by atoms with van der Waals surface area (Å²) in [5, 5.41) is 16.1. The van der Waals surface area contributed by atoms with E-state index < -0.39 is 0 Å². The van der Waals surface area contributed by atoms with Crippen molar-refractivity contribution in [2.45, 2.75) is 44.6 Å². The minimum Gasteiger partial charge on any atom is -0.393 e. The number of hydrogen-bond donors (Lipinski definition) is 1. The maximum Gasteiger partial charge on any atom is 0.227 e. The molecule has 23 heavy (non-hydrogen) atoms. The van der Waals surface area contributed by atoms with Crippen LogP contribution in [0.1, 0.15) is 38.0 Å². The Labute approximate surface area is 141 Å². The number of nitrogens with zero attached hydrogens (tertiary/aromatic N) is 3. The van der Waals surface area contributed by atoms with Crippen LogP contribution in [0, 0.1) is 5.92 Å². The van der Waals surface area contributed by atoms with E-state index in [1.165, 1.54) is 12.8 Å². The first-order valence-corrected chi connectivity index (χ1v) is 9.33. The van der Waals surface area contributed by atoms with E-state index in [-0.39, 0.29) is 6.10 Å². The molecule has 0 saturated heterocycles. The third kappa shape index (κ3) is 4.62. The zero-order valence-corrected chi connectivity index (χ0v) is 14.5. The zero-order chi connectivity index (χ0) is 16.1. The summed E-state index contributed by atoms with van der Waals surface area (Å²) in [6, 6.07) is 3.99. The molecule has 0 bridgehead atoms. The van der Waals surface area contributed by atoms with E-state index in [1.807, 2.05) is 17.5 Å². The molecule has 1 aliphatic rings. The van der Waals surface area contributed by atoms with Gasteiger partial charge in [0.1, 0.15) is 0 Å². The van der Waals surface area contributed by atoms with Gasteiger partial charge in [0.25, 0.3) is 0 Å². The van der Waals surface area contributed by atoms with Crippen LogP contribution in [0.3, 0.4) is 0 Å². The van der Waals surface area contributed by atoms with Crippen molar-refractivity contribution in [3.8, 4) is 10.7 Å². The van der Waals surface area contributed by atoms with E-state index in [1.54, 1.807) is 11.3 Å². The van der Waals surface area contributed by atoms with E-state index >= 15 is 0 Å². The molecule has 5 nitrogen and oxygen atoms in total. The first kappa shape index (κ1) is 16.6. The van der Waals surface area contributed by atoms with Crippen molar-refractivity contribution < 1.29 is 9.63 Å². The van der Waals surface area contributed by atoms with Crippen LogP contribution in [0.15, 0.2) is 22.0 Å². The number of rotatable bonds is 7. The van der Waals surface area contributed by atoms with Gasteiger partial charge in [-0.15, -0.1) is 11.3 Å². The molecule has 2 aromatic rings. The third-order valence-electron chi connectivity index (χ3n) is 4.56. The van der Waals surface area contributed by atoms with Crippen LogP contribution in [0.25, 0.3) is 10.7 Å². The molecule has 2 unspecified atom stereocenters. The van der Waals surface area contributed by atoms with E-state index in [0.717, 1.165) is 43.6 Å². The van der Waals surface area contributed by atoms with Gasteiger partial charge < -0.3 is 14.5 Å². The number of aliphatic hydroxyl groups excluding tert-OH is 1. The van der Waals surface area contributed by atoms with E-state index in [0.29, 0.717) is 17.6 Å². The molecule has 1 fully saturated rings. The average Bonchev–Trinajstić information content (AvgIpc) is 3.20. The first-order chi connectivity index (χ1) is 11.2. The first-order valence-electron chi connectivity index (χ1n) is 8.45. The summed E-state index contributed by atoms with van der Waals surface area (Å²) >= 11 is 1.62. The van der Waals surface area contributed by atoms with Crippen molar-refractivity contribution in [3.63, 3.8) is 0 Å². The molecule has 1 aliphatic carbocycles. The summed E-state index contributed by atoms with van der Waals surface area (Å²) in [4.78, 5) is 7.81. The largest absolute Gasteiger partial charge is 0.393 e. The van der Waals surface area contributed by atoms with Gasteiger partial charge >= 0.3 is 0 Å². The van der Waals surface area contributed by atoms with Gasteiger partial charge in [0.15, 0.2) is 0 Å². The van der Waals surface area contributed by atoms with Crippen LogP contribution >= 0.6 is 11.3 Å². The normalized spacial score (nSPS) is 21.9. The van der Waals surface area contributed by atoms with Crippen molar-refractivity contribution in [1.82, 2.24) is 15.0 Å². The van der Waals surface area contributed by atoms with Crippen molar-refractivity contribution in [2.75, 3.05) is 20.1 Å². The Morgan fingerprint density at radius 3 is 3.04 bits per heavy atom. The quantitative estimate of drug-likeness (QED) is 0.842. The maximum atomic E-state index is 10.1. The highest BCUT2D eigenvalue weighted by atomic mass is 32.1. The Bertz CT molecular complexity index is 584. The van der Waals surface area contributed by atoms with Crippen molar-refractivity contribution in [2.24, 2.45) is 5.92 Å². The smallest absolute Gasteiger partial charge is 0.227 e. The number of aromatic nitrogens is 2. The molecule has 0 spiro atoms. The minimum absolute atomic E-state index is 0.115. The lowest BCUT2D eigenvalue weighted by molar-refractivity contribution is 0.0512. The molecule has 0 amide bonds. The van der Waals surface area contributed by atoms with Gasteiger partial charge in [-0.2, -0.15) is 4.98 Å². The number of aryl methyl sites for hydroxylation is 1. The van der Waals surface area contributed by atoms with Crippen LogP contribution in [-0.2, 0) is 6.42 Å². The molecular weight excluding hydrogens is 310 g/mol. The van der Waals surface area contributed by atoms with Gasteiger partial charge in [0.2, 0.25) is 11.7 Å². The van der Waals surface area contributed by atoms with Crippen molar-refractivity contribution in [3.05, 3.63) is 23.4 Å². The van der Waals surface area contributed by atoms with Crippen LogP contribution in [0.5, 0.6) is 0 Å². The van der Waals surface area contributed by atoms with Crippen molar-refractivity contribution in [1.29, 1.82) is 0 Å². The number of aliphatic hydroxyl groups is 1. The number of hydrogen-bond acceptors (Lipinski definition) is 6. The summed E-state index contributed by atoms with van der Waals surface area (Å²) in [7, 11) is 2.13. The average molecular weight is 335 g/mol. The fourth-order valence-electron chi connectivity index (χ4n) is 3.26. The molecule has 0 radical (unpaired) electrons. The fraction of sp³-hybridized carbons (Fsp3) is 0.647. The van der Waals surface area contributed by atoms with Crippen LogP contribution in [0.4, 0.5) is 0 Å².